The summed E-state index contributed by atoms with van der Waals surface area (Å²) in [6.07, 6.45) is 2.06. The summed E-state index contributed by atoms with van der Waals surface area (Å²) in [5, 5.41) is 18.6. The molecule has 1 rings (SSSR count). The molecule has 0 bridgehead atoms. The van der Waals surface area contributed by atoms with Gasteiger partial charge in [0.15, 0.2) is 0 Å². The molecule has 0 aromatic heterocycles. The molecule has 0 saturated carbocycles. The van der Waals surface area contributed by atoms with Gasteiger partial charge in [0, 0.05) is 6.54 Å². The maximum absolute atomic E-state index is 11.7. The summed E-state index contributed by atoms with van der Waals surface area (Å²) in [6.45, 7) is 5.84. The lowest BCUT2D eigenvalue weighted by molar-refractivity contribution is 0.0915. The highest BCUT2D eigenvalue weighted by atomic mass is 16.6. The quantitative estimate of drug-likeness (QED) is 0.699. The summed E-state index contributed by atoms with van der Waals surface area (Å²) in [6, 6.07) is -0.198. The van der Waals surface area contributed by atoms with Crippen LogP contribution in [-0.2, 0) is 4.74 Å². The molecule has 17 heavy (non-hydrogen) atoms. The van der Waals surface area contributed by atoms with Crippen molar-refractivity contribution in [1.82, 2.24) is 4.90 Å². The number of hydrogen-bond acceptors (Lipinski definition) is 4. The van der Waals surface area contributed by atoms with Crippen molar-refractivity contribution < 1.29 is 19.7 Å². The van der Waals surface area contributed by atoms with Crippen LogP contribution < -0.4 is 0 Å². The summed E-state index contributed by atoms with van der Waals surface area (Å²) in [5.74, 6) is 0.225. The number of aliphatic hydroxyl groups is 2. The van der Waals surface area contributed by atoms with E-state index in [1.54, 1.807) is 6.92 Å². The predicted octanol–water partition coefficient (Wildman–Crippen LogP) is 0.763. The molecule has 1 amide bonds. The second kappa shape index (κ2) is 6.61. The van der Waals surface area contributed by atoms with Crippen LogP contribution in [0.1, 0.15) is 19.8 Å². The van der Waals surface area contributed by atoms with Gasteiger partial charge in [-0.05, 0) is 25.7 Å². The number of ether oxygens (including phenoxy) is 1. The number of hydrogen-bond donors (Lipinski definition) is 2. The van der Waals surface area contributed by atoms with Crippen molar-refractivity contribution in [3.8, 4) is 0 Å². The van der Waals surface area contributed by atoms with E-state index in [1.165, 1.54) is 11.0 Å². The number of aliphatic hydroxyl groups excluding tert-OH is 2. The number of nitrogens with zero attached hydrogens (tertiary/aromatic N) is 1. The van der Waals surface area contributed by atoms with E-state index < -0.39 is 6.09 Å². The van der Waals surface area contributed by atoms with Crippen molar-refractivity contribution in [2.45, 2.75) is 31.9 Å². The standard InChI is InChI=1S/C12H21NO4/c1-3-4-17-12(16)13-7-10(5-9(2)15)6-11(13)8-14/h3,9-11,14-15H,1,4-8H2,2H3/t9?,10-,11+/m1/s1. The number of amides is 1. The van der Waals surface area contributed by atoms with E-state index in [-0.39, 0.29) is 31.3 Å². The molecule has 0 radical (unpaired) electrons. The minimum absolute atomic E-state index is 0.0699. The summed E-state index contributed by atoms with van der Waals surface area (Å²) >= 11 is 0. The number of carbonyl (C=O) groups excluding carboxylic acids is 1. The van der Waals surface area contributed by atoms with Crippen LogP contribution in [0.3, 0.4) is 0 Å². The molecule has 2 N–H and O–H groups in total. The van der Waals surface area contributed by atoms with Crippen molar-refractivity contribution in [3.05, 3.63) is 12.7 Å². The van der Waals surface area contributed by atoms with Crippen LogP contribution in [0, 0.1) is 5.92 Å². The third-order valence-corrected chi connectivity index (χ3v) is 2.95. The Morgan fingerprint density at radius 3 is 2.94 bits per heavy atom. The fraction of sp³-hybridized carbons (Fsp3) is 0.750. The highest BCUT2D eigenvalue weighted by Crippen LogP contribution is 2.27. The van der Waals surface area contributed by atoms with Gasteiger partial charge in [0.05, 0.1) is 18.8 Å². The van der Waals surface area contributed by atoms with Gasteiger partial charge in [-0.25, -0.2) is 4.79 Å². The van der Waals surface area contributed by atoms with Gasteiger partial charge >= 0.3 is 6.09 Å². The smallest absolute Gasteiger partial charge is 0.410 e. The lowest BCUT2D eigenvalue weighted by Gasteiger charge is -2.21. The molecular formula is C12H21NO4. The van der Waals surface area contributed by atoms with Crippen LogP contribution in [0.15, 0.2) is 12.7 Å². The van der Waals surface area contributed by atoms with Crippen molar-refractivity contribution in [2.24, 2.45) is 5.92 Å². The number of rotatable bonds is 5. The van der Waals surface area contributed by atoms with Gasteiger partial charge in [-0.3, -0.25) is 0 Å². The van der Waals surface area contributed by atoms with Gasteiger partial charge in [-0.2, -0.15) is 0 Å². The number of likely N-dealkylation sites (tertiary alicyclic amines) is 1. The maximum Gasteiger partial charge on any atom is 0.410 e. The largest absolute Gasteiger partial charge is 0.445 e. The van der Waals surface area contributed by atoms with Gasteiger partial charge in [-0.1, -0.05) is 12.7 Å². The molecule has 5 heteroatoms. The van der Waals surface area contributed by atoms with Gasteiger partial charge in [0.2, 0.25) is 0 Å². The first-order valence-electron chi connectivity index (χ1n) is 5.91. The highest BCUT2D eigenvalue weighted by Gasteiger charge is 2.35. The molecule has 3 atom stereocenters. The first-order chi connectivity index (χ1) is 8.08. The minimum atomic E-state index is -0.419. The normalized spacial score (nSPS) is 25.7. The van der Waals surface area contributed by atoms with Crippen LogP contribution in [0.5, 0.6) is 0 Å². The molecule has 5 nitrogen and oxygen atoms in total. The molecule has 1 aliphatic rings. The van der Waals surface area contributed by atoms with Crippen LogP contribution in [0.2, 0.25) is 0 Å². The molecule has 98 valence electrons. The Morgan fingerprint density at radius 2 is 2.41 bits per heavy atom. The second-order valence-corrected chi connectivity index (χ2v) is 4.54. The molecule has 0 aromatic carbocycles. The minimum Gasteiger partial charge on any atom is -0.445 e. The van der Waals surface area contributed by atoms with E-state index >= 15 is 0 Å². The molecule has 0 aliphatic carbocycles. The zero-order chi connectivity index (χ0) is 12.8. The molecule has 1 heterocycles. The van der Waals surface area contributed by atoms with Crippen LogP contribution in [0.25, 0.3) is 0 Å². The molecule has 0 spiro atoms. The van der Waals surface area contributed by atoms with E-state index in [0.717, 1.165) is 0 Å². The van der Waals surface area contributed by atoms with E-state index in [9.17, 15) is 15.0 Å². The fourth-order valence-electron chi connectivity index (χ4n) is 2.28. The highest BCUT2D eigenvalue weighted by molar-refractivity contribution is 5.68. The van der Waals surface area contributed by atoms with E-state index in [2.05, 4.69) is 6.58 Å². The Morgan fingerprint density at radius 1 is 1.71 bits per heavy atom. The SMILES string of the molecule is C=CCOC(=O)N1C[C@H](CC(C)O)C[C@H]1CO. The summed E-state index contributed by atoms with van der Waals surface area (Å²) < 4.78 is 4.96. The van der Waals surface area contributed by atoms with Crippen LogP contribution in [0.4, 0.5) is 4.79 Å². The lowest BCUT2D eigenvalue weighted by atomic mass is 9.99. The Balaban J connectivity index is 2.52. The summed E-state index contributed by atoms with van der Waals surface area (Å²) in [7, 11) is 0. The van der Waals surface area contributed by atoms with E-state index in [1.807, 2.05) is 0 Å². The van der Waals surface area contributed by atoms with E-state index in [0.29, 0.717) is 19.4 Å². The lowest BCUT2D eigenvalue weighted by Crippen LogP contribution is -2.38. The molecule has 1 unspecified atom stereocenters. The van der Waals surface area contributed by atoms with Crippen molar-refractivity contribution in [2.75, 3.05) is 19.8 Å². The maximum atomic E-state index is 11.7. The fourth-order valence-corrected chi connectivity index (χ4v) is 2.28. The molecule has 1 saturated heterocycles. The Kier molecular flexibility index (Phi) is 5.44. The Labute approximate surface area is 102 Å². The molecule has 1 aliphatic heterocycles. The van der Waals surface area contributed by atoms with Gasteiger partial charge in [0.25, 0.3) is 0 Å². The van der Waals surface area contributed by atoms with Crippen molar-refractivity contribution >= 4 is 6.09 Å². The second-order valence-electron chi connectivity index (χ2n) is 4.54. The van der Waals surface area contributed by atoms with Crippen molar-refractivity contribution in [1.29, 1.82) is 0 Å². The molecule has 0 aromatic rings. The predicted molar refractivity (Wildman–Crippen MR) is 63.5 cm³/mol. The monoisotopic (exact) mass is 243 g/mol. The Hall–Kier alpha value is -1.07. The zero-order valence-electron chi connectivity index (χ0n) is 10.2. The average molecular weight is 243 g/mol. The molecular weight excluding hydrogens is 222 g/mol. The average Bonchev–Trinajstić information content (AvgIpc) is 2.68. The molecule has 1 fully saturated rings. The van der Waals surface area contributed by atoms with Gasteiger partial charge in [-0.15, -0.1) is 0 Å². The van der Waals surface area contributed by atoms with Gasteiger partial charge in [0.1, 0.15) is 6.61 Å². The first kappa shape index (κ1) is 14.0. The zero-order valence-corrected chi connectivity index (χ0v) is 10.2. The van der Waals surface area contributed by atoms with E-state index in [4.69, 9.17) is 4.74 Å². The van der Waals surface area contributed by atoms with Crippen LogP contribution >= 0.6 is 0 Å². The van der Waals surface area contributed by atoms with Gasteiger partial charge < -0.3 is 19.8 Å². The van der Waals surface area contributed by atoms with Crippen LogP contribution in [-0.4, -0.2) is 53.1 Å². The summed E-state index contributed by atoms with van der Waals surface area (Å²) in [5.41, 5.74) is 0. The summed E-state index contributed by atoms with van der Waals surface area (Å²) in [4.78, 5) is 13.2. The topological polar surface area (TPSA) is 70.0 Å². The number of carbonyl (C=O) groups is 1. The third-order valence-electron chi connectivity index (χ3n) is 2.95. The first-order valence-corrected chi connectivity index (χ1v) is 5.91. The Bertz CT molecular complexity index is 267. The third kappa shape index (κ3) is 4.02. The van der Waals surface area contributed by atoms with Crippen molar-refractivity contribution in [3.63, 3.8) is 0 Å².